The minimum absolute atomic E-state index is 0.313. The molecule has 4 heteroatoms. The second kappa shape index (κ2) is 7.61. The van der Waals surface area contributed by atoms with Crippen LogP contribution in [-0.4, -0.2) is 52.8 Å². The number of rotatable bonds is 6. The fourth-order valence-electron chi connectivity index (χ4n) is 2.37. The van der Waals surface area contributed by atoms with Crippen LogP contribution in [0.15, 0.2) is 0 Å². The molecular formula is C14H30N2OS. The predicted molar refractivity (Wildman–Crippen MR) is 80.5 cm³/mol. The fraction of sp³-hybridized carbons (Fsp3) is 1.00. The molecule has 3 nitrogen and oxygen atoms in total. The van der Waals surface area contributed by atoms with Gasteiger partial charge in [-0.2, -0.15) is 0 Å². The third kappa shape index (κ3) is 5.81. The molecule has 0 bridgehead atoms. The Kier molecular flexibility index (Phi) is 6.82. The zero-order valence-electron chi connectivity index (χ0n) is 12.5. The van der Waals surface area contributed by atoms with E-state index in [2.05, 4.69) is 37.9 Å². The summed E-state index contributed by atoms with van der Waals surface area (Å²) in [6.45, 7) is 13.4. The largest absolute Gasteiger partial charge is 0.313 e. The van der Waals surface area contributed by atoms with Gasteiger partial charge in [-0.05, 0) is 31.3 Å². The van der Waals surface area contributed by atoms with E-state index in [1.165, 1.54) is 12.8 Å². The Morgan fingerprint density at radius 1 is 1.28 bits per heavy atom. The van der Waals surface area contributed by atoms with Crippen LogP contribution in [0.1, 0.15) is 40.5 Å². The van der Waals surface area contributed by atoms with Crippen molar-refractivity contribution >= 4 is 10.8 Å². The molecule has 1 atom stereocenters. The normalized spacial score (nSPS) is 21.1. The van der Waals surface area contributed by atoms with Crippen molar-refractivity contribution in [2.24, 2.45) is 5.41 Å². The zero-order valence-corrected chi connectivity index (χ0v) is 13.3. The van der Waals surface area contributed by atoms with Crippen molar-refractivity contribution in [1.29, 1.82) is 0 Å². The lowest BCUT2D eigenvalue weighted by Gasteiger charge is -2.34. The summed E-state index contributed by atoms with van der Waals surface area (Å²) in [4.78, 5) is 2.47. The quantitative estimate of drug-likeness (QED) is 0.802. The molecular weight excluding hydrogens is 244 g/mol. The first-order valence-electron chi connectivity index (χ1n) is 7.24. The molecule has 1 aliphatic rings. The molecule has 1 unspecified atom stereocenters. The van der Waals surface area contributed by atoms with Crippen molar-refractivity contribution in [1.82, 2.24) is 10.2 Å². The highest BCUT2D eigenvalue weighted by Gasteiger charge is 2.25. The number of hydrogen-bond acceptors (Lipinski definition) is 3. The van der Waals surface area contributed by atoms with E-state index >= 15 is 0 Å². The van der Waals surface area contributed by atoms with Gasteiger partial charge in [0, 0.05) is 41.4 Å². The minimum atomic E-state index is -0.554. The second-order valence-corrected chi connectivity index (χ2v) is 8.05. The van der Waals surface area contributed by atoms with E-state index < -0.39 is 10.8 Å². The maximum absolute atomic E-state index is 11.3. The molecule has 1 heterocycles. The lowest BCUT2D eigenvalue weighted by atomic mass is 9.84. The van der Waals surface area contributed by atoms with E-state index in [1.807, 2.05) is 0 Å². The monoisotopic (exact) mass is 274 g/mol. The van der Waals surface area contributed by atoms with Crippen molar-refractivity contribution in [2.45, 2.75) is 46.6 Å². The molecule has 0 aliphatic carbocycles. The summed E-state index contributed by atoms with van der Waals surface area (Å²) < 4.78 is 11.3. The van der Waals surface area contributed by atoms with Crippen molar-refractivity contribution in [3.8, 4) is 0 Å². The molecule has 0 aromatic carbocycles. The van der Waals surface area contributed by atoms with Crippen molar-refractivity contribution in [3.63, 3.8) is 0 Å². The van der Waals surface area contributed by atoms with Gasteiger partial charge >= 0.3 is 0 Å². The minimum Gasteiger partial charge on any atom is -0.313 e. The van der Waals surface area contributed by atoms with Gasteiger partial charge in [-0.25, -0.2) is 0 Å². The maximum Gasteiger partial charge on any atom is 0.0363 e. The van der Waals surface area contributed by atoms with Gasteiger partial charge in [-0.1, -0.05) is 27.7 Å². The summed E-state index contributed by atoms with van der Waals surface area (Å²) in [5.74, 6) is 1.73. The van der Waals surface area contributed by atoms with Crippen LogP contribution >= 0.6 is 0 Å². The predicted octanol–water partition coefficient (Wildman–Crippen LogP) is 1.86. The molecule has 0 aromatic heterocycles. The van der Waals surface area contributed by atoms with E-state index in [9.17, 15) is 4.21 Å². The van der Waals surface area contributed by atoms with Crippen molar-refractivity contribution in [3.05, 3.63) is 0 Å². The third-order valence-electron chi connectivity index (χ3n) is 3.69. The molecule has 1 fully saturated rings. The lowest BCUT2D eigenvalue weighted by Crippen LogP contribution is -2.45. The topological polar surface area (TPSA) is 32.3 Å². The van der Waals surface area contributed by atoms with Gasteiger partial charge in [0.1, 0.15) is 0 Å². The van der Waals surface area contributed by atoms with Gasteiger partial charge in [0.05, 0.1) is 0 Å². The number of nitrogens with zero attached hydrogens (tertiary/aromatic N) is 1. The molecule has 0 saturated carbocycles. The number of nitrogens with one attached hydrogen (secondary N) is 1. The third-order valence-corrected chi connectivity index (χ3v) is 4.97. The highest BCUT2D eigenvalue weighted by Crippen LogP contribution is 2.22. The Hall–Kier alpha value is 0.0700. The maximum atomic E-state index is 11.3. The molecule has 1 saturated heterocycles. The summed E-state index contributed by atoms with van der Waals surface area (Å²) >= 11 is 0. The Bertz CT molecular complexity index is 253. The van der Waals surface area contributed by atoms with Crippen LogP contribution in [0.5, 0.6) is 0 Å². The van der Waals surface area contributed by atoms with Crippen LogP contribution in [0.2, 0.25) is 0 Å². The number of hydrogen-bond donors (Lipinski definition) is 1. The Balaban J connectivity index is 2.34. The van der Waals surface area contributed by atoms with E-state index in [-0.39, 0.29) is 0 Å². The summed E-state index contributed by atoms with van der Waals surface area (Å²) in [5.41, 5.74) is 0.313. The van der Waals surface area contributed by atoms with Crippen LogP contribution in [-0.2, 0) is 10.8 Å². The van der Waals surface area contributed by atoms with Gasteiger partial charge in [-0.15, -0.1) is 0 Å². The average Bonchev–Trinajstić information content (AvgIpc) is 2.30. The molecule has 108 valence electrons. The van der Waals surface area contributed by atoms with Gasteiger partial charge < -0.3 is 10.2 Å². The summed E-state index contributed by atoms with van der Waals surface area (Å²) in [5, 5.41) is 3.67. The molecule has 1 rings (SSSR count). The Morgan fingerprint density at radius 3 is 2.39 bits per heavy atom. The van der Waals surface area contributed by atoms with Crippen LogP contribution in [0.25, 0.3) is 0 Å². The summed E-state index contributed by atoms with van der Waals surface area (Å²) in [6, 6.07) is 0.574. The first-order chi connectivity index (χ1) is 8.43. The fourth-order valence-corrected chi connectivity index (χ4v) is 3.50. The van der Waals surface area contributed by atoms with Crippen LogP contribution in [0.4, 0.5) is 0 Å². The van der Waals surface area contributed by atoms with E-state index in [0.717, 1.165) is 37.7 Å². The molecule has 0 radical (unpaired) electrons. The molecule has 1 aliphatic heterocycles. The Labute approximate surface area is 115 Å². The first-order valence-corrected chi connectivity index (χ1v) is 8.73. The highest BCUT2D eigenvalue weighted by atomic mass is 32.2. The average molecular weight is 274 g/mol. The molecule has 0 spiro atoms. The highest BCUT2D eigenvalue weighted by molar-refractivity contribution is 7.85. The first kappa shape index (κ1) is 16.1. The van der Waals surface area contributed by atoms with Gasteiger partial charge in [0.2, 0.25) is 0 Å². The standard InChI is InChI=1S/C14H30N2OS/c1-5-7-15-13(14(2,3)4)6-8-16-9-11-18(17)12-10-16/h13,15H,5-12H2,1-4H3. The van der Waals surface area contributed by atoms with Crippen LogP contribution in [0, 0.1) is 5.41 Å². The molecule has 0 amide bonds. The van der Waals surface area contributed by atoms with Crippen molar-refractivity contribution < 1.29 is 4.21 Å². The summed E-state index contributed by atoms with van der Waals surface area (Å²) in [6.07, 6.45) is 2.38. The zero-order chi connectivity index (χ0) is 13.6. The summed E-state index contributed by atoms with van der Waals surface area (Å²) in [7, 11) is -0.554. The van der Waals surface area contributed by atoms with E-state index in [0.29, 0.717) is 11.5 Å². The van der Waals surface area contributed by atoms with E-state index in [4.69, 9.17) is 0 Å². The van der Waals surface area contributed by atoms with Gasteiger partial charge in [0.15, 0.2) is 0 Å². The van der Waals surface area contributed by atoms with Crippen LogP contribution in [0.3, 0.4) is 0 Å². The molecule has 0 aromatic rings. The van der Waals surface area contributed by atoms with E-state index in [1.54, 1.807) is 0 Å². The second-order valence-electron chi connectivity index (χ2n) is 6.35. The SMILES string of the molecule is CCCNC(CCN1CCS(=O)CC1)C(C)(C)C. The van der Waals surface area contributed by atoms with Gasteiger partial charge in [-0.3, -0.25) is 4.21 Å². The van der Waals surface area contributed by atoms with Gasteiger partial charge in [0.25, 0.3) is 0 Å². The lowest BCUT2D eigenvalue weighted by molar-refractivity contribution is 0.212. The molecule has 18 heavy (non-hydrogen) atoms. The van der Waals surface area contributed by atoms with Crippen molar-refractivity contribution in [2.75, 3.05) is 37.7 Å². The van der Waals surface area contributed by atoms with Crippen LogP contribution < -0.4 is 5.32 Å². The smallest absolute Gasteiger partial charge is 0.0363 e. The molecule has 1 N–H and O–H groups in total. The Morgan fingerprint density at radius 2 is 1.89 bits per heavy atom.